The lowest BCUT2D eigenvalue weighted by molar-refractivity contribution is 0.315. The molecule has 2 N–H and O–H groups in total. The van der Waals surface area contributed by atoms with Crippen molar-refractivity contribution in [2.24, 2.45) is 10.3 Å². The van der Waals surface area contributed by atoms with Gasteiger partial charge >= 0.3 is 0 Å². The lowest BCUT2D eigenvalue weighted by atomic mass is 10.8. The molecule has 0 bridgehead atoms. The molecule has 0 aromatic rings. The maximum atomic E-state index is 8.98. The van der Waals surface area contributed by atoms with Crippen LogP contribution >= 0.6 is 0 Å². The van der Waals surface area contributed by atoms with E-state index in [1.54, 1.807) is 0 Å². The summed E-state index contributed by atoms with van der Waals surface area (Å²) in [5.41, 5.74) is 0. The Bertz CT molecular complexity index is 233. The summed E-state index contributed by atoms with van der Waals surface area (Å²) in [6, 6.07) is 0. The standard InChI is InChI=1S/C8H20N2O2Si2/c1-13(2,3)7(9-11)8(10-12)14(4,5)6/h11-12H,1-6H3/b9-7-,10-8-. The van der Waals surface area contributed by atoms with Crippen molar-refractivity contribution < 1.29 is 10.4 Å². The summed E-state index contributed by atoms with van der Waals surface area (Å²) >= 11 is 0. The van der Waals surface area contributed by atoms with E-state index in [1.807, 2.05) is 0 Å². The van der Waals surface area contributed by atoms with Gasteiger partial charge in [-0.05, 0) is 0 Å². The molecule has 0 saturated heterocycles. The third kappa shape index (κ3) is 3.26. The van der Waals surface area contributed by atoms with Gasteiger partial charge in [-0.2, -0.15) is 0 Å². The van der Waals surface area contributed by atoms with E-state index in [2.05, 4.69) is 49.6 Å². The molecular weight excluding hydrogens is 212 g/mol. The van der Waals surface area contributed by atoms with Gasteiger partial charge in [-0.3, -0.25) is 0 Å². The van der Waals surface area contributed by atoms with Gasteiger partial charge < -0.3 is 10.4 Å². The van der Waals surface area contributed by atoms with Crippen LogP contribution in [-0.2, 0) is 0 Å². The topological polar surface area (TPSA) is 65.2 Å². The van der Waals surface area contributed by atoms with Crippen LogP contribution in [0.2, 0.25) is 39.3 Å². The molecule has 0 radical (unpaired) electrons. The van der Waals surface area contributed by atoms with E-state index in [0.29, 0.717) is 10.7 Å². The minimum Gasteiger partial charge on any atom is -0.411 e. The highest BCUT2D eigenvalue weighted by atomic mass is 28.3. The van der Waals surface area contributed by atoms with Crippen molar-refractivity contribution in [3.05, 3.63) is 0 Å². The average Bonchev–Trinajstić information content (AvgIpc) is 1.94. The molecule has 0 aromatic carbocycles. The highest BCUT2D eigenvalue weighted by Crippen LogP contribution is 2.13. The van der Waals surface area contributed by atoms with Crippen LogP contribution in [0.3, 0.4) is 0 Å². The number of hydrogen-bond acceptors (Lipinski definition) is 4. The summed E-state index contributed by atoms with van der Waals surface area (Å²) in [7, 11) is -3.47. The normalized spacial score (nSPS) is 15.9. The molecule has 4 nitrogen and oxygen atoms in total. The zero-order valence-electron chi connectivity index (χ0n) is 9.79. The number of nitrogens with zero attached hydrogens (tertiary/aromatic N) is 2. The van der Waals surface area contributed by atoms with Crippen molar-refractivity contribution in [1.29, 1.82) is 0 Å². The van der Waals surface area contributed by atoms with Gasteiger partial charge in [-0.25, -0.2) is 0 Å². The van der Waals surface area contributed by atoms with E-state index < -0.39 is 16.1 Å². The maximum absolute atomic E-state index is 8.98. The SMILES string of the molecule is C[Si](C)(C)C(=N\O)/C(=N/O)[Si](C)(C)C. The minimum absolute atomic E-state index is 0.610. The van der Waals surface area contributed by atoms with Gasteiger partial charge in [0, 0.05) is 0 Å². The van der Waals surface area contributed by atoms with E-state index in [-0.39, 0.29) is 0 Å². The van der Waals surface area contributed by atoms with Crippen LogP contribution < -0.4 is 0 Å². The van der Waals surface area contributed by atoms with Gasteiger partial charge in [0.15, 0.2) is 0 Å². The first-order valence-electron chi connectivity index (χ1n) is 4.60. The lowest BCUT2D eigenvalue weighted by Crippen LogP contribution is -2.49. The third-order valence-electron chi connectivity index (χ3n) is 1.85. The quantitative estimate of drug-likeness (QED) is 0.340. The second-order valence-electron chi connectivity index (χ2n) is 5.40. The summed E-state index contributed by atoms with van der Waals surface area (Å²) in [5, 5.41) is 25.8. The highest BCUT2D eigenvalue weighted by Gasteiger charge is 2.35. The molecule has 0 aliphatic heterocycles. The molecular formula is C8H20N2O2Si2. The Kier molecular flexibility index (Phi) is 4.07. The lowest BCUT2D eigenvalue weighted by Gasteiger charge is -2.25. The van der Waals surface area contributed by atoms with Gasteiger partial charge in [0.05, 0.1) is 10.7 Å². The largest absolute Gasteiger partial charge is 0.411 e. The predicted molar refractivity (Wildman–Crippen MR) is 65.1 cm³/mol. The molecule has 14 heavy (non-hydrogen) atoms. The molecule has 0 rings (SSSR count). The minimum atomic E-state index is -1.74. The Hall–Kier alpha value is -0.626. The molecule has 0 atom stereocenters. The van der Waals surface area contributed by atoms with Crippen LogP contribution in [0.4, 0.5) is 0 Å². The van der Waals surface area contributed by atoms with E-state index in [1.165, 1.54) is 0 Å². The van der Waals surface area contributed by atoms with Crippen molar-refractivity contribution in [3.8, 4) is 0 Å². The van der Waals surface area contributed by atoms with Crippen LogP contribution in [0.5, 0.6) is 0 Å². The fourth-order valence-corrected chi connectivity index (χ4v) is 5.48. The van der Waals surface area contributed by atoms with E-state index >= 15 is 0 Å². The summed E-state index contributed by atoms with van der Waals surface area (Å²) in [6.45, 7) is 12.4. The smallest absolute Gasteiger partial charge is 0.108 e. The Morgan fingerprint density at radius 3 is 1.00 bits per heavy atom. The molecule has 0 unspecified atom stereocenters. The second kappa shape index (κ2) is 4.26. The van der Waals surface area contributed by atoms with Crippen LogP contribution in [-0.4, -0.2) is 37.2 Å². The first-order valence-corrected chi connectivity index (χ1v) is 11.6. The zero-order chi connectivity index (χ0) is 11.6. The first kappa shape index (κ1) is 13.4. The molecule has 0 aliphatic carbocycles. The van der Waals surface area contributed by atoms with E-state index in [0.717, 1.165) is 0 Å². The van der Waals surface area contributed by atoms with Gasteiger partial charge in [0.2, 0.25) is 0 Å². The molecule has 0 amide bonds. The monoisotopic (exact) mass is 232 g/mol. The van der Waals surface area contributed by atoms with E-state index in [9.17, 15) is 0 Å². The first-order chi connectivity index (χ1) is 6.14. The summed E-state index contributed by atoms with van der Waals surface area (Å²) in [4.78, 5) is 0. The van der Waals surface area contributed by atoms with Gasteiger partial charge in [0.1, 0.15) is 16.1 Å². The fourth-order valence-electron chi connectivity index (χ4n) is 1.11. The average molecular weight is 232 g/mol. The van der Waals surface area contributed by atoms with Crippen LogP contribution in [0.1, 0.15) is 0 Å². The summed E-state index contributed by atoms with van der Waals surface area (Å²) < 4.78 is 0. The highest BCUT2D eigenvalue weighted by molar-refractivity contribution is 7.28. The van der Waals surface area contributed by atoms with Crippen LogP contribution in [0.15, 0.2) is 10.3 Å². The molecule has 0 aromatic heterocycles. The summed E-state index contributed by atoms with van der Waals surface area (Å²) in [6.07, 6.45) is 0. The maximum Gasteiger partial charge on any atom is 0.108 e. The molecule has 0 aliphatic rings. The molecule has 0 saturated carbocycles. The van der Waals surface area contributed by atoms with Gasteiger partial charge in [-0.1, -0.05) is 49.6 Å². The molecule has 6 heteroatoms. The van der Waals surface area contributed by atoms with Crippen LogP contribution in [0, 0.1) is 0 Å². The zero-order valence-corrected chi connectivity index (χ0v) is 11.8. The van der Waals surface area contributed by atoms with Crippen molar-refractivity contribution in [2.75, 3.05) is 0 Å². The third-order valence-corrected chi connectivity index (χ3v) is 5.61. The Morgan fingerprint density at radius 2 is 0.929 bits per heavy atom. The van der Waals surface area contributed by atoms with Crippen molar-refractivity contribution in [3.63, 3.8) is 0 Å². The van der Waals surface area contributed by atoms with Crippen LogP contribution in [0.25, 0.3) is 0 Å². The van der Waals surface area contributed by atoms with Crippen molar-refractivity contribution in [1.82, 2.24) is 0 Å². The molecule has 0 heterocycles. The van der Waals surface area contributed by atoms with Crippen molar-refractivity contribution >= 4 is 26.8 Å². The Morgan fingerprint density at radius 1 is 0.714 bits per heavy atom. The Labute approximate surface area is 87.3 Å². The molecule has 0 spiro atoms. The summed E-state index contributed by atoms with van der Waals surface area (Å²) in [5.74, 6) is 0. The second-order valence-corrected chi connectivity index (χ2v) is 15.3. The van der Waals surface area contributed by atoms with E-state index in [4.69, 9.17) is 10.4 Å². The van der Waals surface area contributed by atoms with Crippen molar-refractivity contribution in [2.45, 2.75) is 39.3 Å². The number of oxime groups is 2. The molecule has 0 fully saturated rings. The Balaban J connectivity index is 5.27. The van der Waals surface area contributed by atoms with Gasteiger partial charge in [-0.15, -0.1) is 0 Å². The molecule has 82 valence electrons. The fraction of sp³-hybridized carbons (Fsp3) is 0.750. The van der Waals surface area contributed by atoms with Gasteiger partial charge in [0.25, 0.3) is 0 Å². The number of hydrogen-bond donors (Lipinski definition) is 2. The predicted octanol–water partition coefficient (Wildman–Crippen LogP) is 2.40. The number of rotatable bonds is 3.